The first kappa shape index (κ1) is 23.1. The fourth-order valence-electron chi connectivity index (χ4n) is 4.83. The quantitative estimate of drug-likeness (QED) is 0.660. The molecule has 9 heteroatoms. The van der Waals surface area contributed by atoms with Gasteiger partial charge in [-0.2, -0.15) is 4.31 Å². The van der Waals surface area contributed by atoms with E-state index in [1.54, 1.807) is 12.1 Å². The van der Waals surface area contributed by atoms with Crippen molar-refractivity contribution in [3.8, 4) is 11.5 Å². The van der Waals surface area contributed by atoms with Gasteiger partial charge in [-0.1, -0.05) is 12.1 Å². The molecule has 0 unspecified atom stereocenters. The summed E-state index contributed by atoms with van der Waals surface area (Å²) in [4.78, 5) is 15.7. The van der Waals surface area contributed by atoms with Gasteiger partial charge in [0.15, 0.2) is 11.5 Å². The van der Waals surface area contributed by atoms with E-state index in [2.05, 4.69) is 0 Å². The predicted molar refractivity (Wildman–Crippen MR) is 126 cm³/mol. The number of nitrogens with zero attached hydrogens (tertiary/aromatic N) is 2. The molecule has 34 heavy (non-hydrogen) atoms. The lowest BCUT2D eigenvalue weighted by Crippen LogP contribution is -2.40. The third-order valence-corrected chi connectivity index (χ3v) is 8.61. The third-order valence-electron chi connectivity index (χ3n) is 6.72. The van der Waals surface area contributed by atoms with Gasteiger partial charge in [0.25, 0.3) is 5.91 Å². The Hall–Kier alpha value is -2.62. The van der Waals surface area contributed by atoms with Crippen LogP contribution in [0.4, 0.5) is 0 Å². The molecule has 0 bridgehead atoms. The van der Waals surface area contributed by atoms with Crippen LogP contribution in [0.15, 0.2) is 41.3 Å². The van der Waals surface area contributed by atoms with Crippen molar-refractivity contribution >= 4 is 15.9 Å². The fraction of sp³-hybridized carbons (Fsp3) is 0.480. The van der Waals surface area contributed by atoms with E-state index >= 15 is 0 Å². The first-order chi connectivity index (χ1) is 16.4. The number of carbonyl (C=O) groups excluding carboxylic acids is 1. The molecule has 1 atom stereocenters. The van der Waals surface area contributed by atoms with Crippen molar-refractivity contribution in [2.75, 3.05) is 46.1 Å². The molecule has 2 aromatic rings. The zero-order chi connectivity index (χ0) is 23.7. The van der Waals surface area contributed by atoms with Crippen LogP contribution < -0.4 is 9.47 Å². The molecule has 3 heterocycles. The maximum absolute atomic E-state index is 13.7. The van der Waals surface area contributed by atoms with E-state index in [0.717, 1.165) is 36.1 Å². The molecule has 0 aliphatic carbocycles. The second-order valence-corrected chi connectivity index (χ2v) is 10.8. The summed E-state index contributed by atoms with van der Waals surface area (Å²) < 4.78 is 44.6. The van der Waals surface area contributed by atoms with Gasteiger partial charge in [0.2, 0.25) is 10.0 Å². The Morgan fingerprint density at radius 3 is 2.47 bits per heavy atom. The molecule has 0 N–H and O–H groups in total. The zero-order valence-electron chi connectivity index (χ0n) is 19.4. The van der Waals surface area contributed by atoms with Gasteiger partial charge in [-0.25, -0.2) is 8.42 Å². The molecule has 2 aromatic carbocycles. The number of likely N-dealkylation sites (tertiary alicyclic amines) is 1. The van der Waals surface area contributed by atoms with E-state index in [9.17, 15) is 13.2 Å². The van der Waals surface area contributed by atoms with Crippen LogP contribution in [0, 0.1) is 6.92 Å². The smallest absolute Gasteiger partial charge is 0.254 e. The van der Waals surface area contributed by atoms with E-state index in [4.69, 9.17) is 14.2 Å². The van der Waals surface area contributed by atoms with Gasteiger partial charge in [0.1, 0.15) is 0 Å². The van der Waals surface area contributed by atoms with Crippen LogP contribution in [0.1, 0.15) is 46.8 Å². The lowest BCUT2D eigenvalue weighted by Gasteiger charge is -2.28. The monoisotopic (exact) mass is 486 g/mol. The third kappa shape index (κ3) is 4.39. The molecule has 2 saturated heterocycles. The molecular formula is C25H30N2O6S. The summed E-state index contributed by atoms with van der Waals surface area (Å²) >= 11 is 0. The van der Waals surface area contributed by atoms with Crippen LogP contribution in [0.2, 0.25) is 0 Å². The molecular weight excluding hydrogens is 456 g/mol. The number of benzene rings is 2. The molecule has 8 nitrogen and oxygen atoms in total. The lowest BCUT2D eigenvalue weighted by atomic mass is 10.0. The van der Waals surface area contributed by atoms with E-state index in [-0.39, 0.29) is 16.8 Å². The molecule has 1 amide bonds. The zero-order valence-corrected chi connectivity index (χ0v) is 20.2. The SMILES string of the molecule is Cc1ccc(S(=O)(=O)N2CCOCC2)cc1C(=O)N1CCC[C@H]1c1ccc2c(c1)OCCCO2. The van der Waals surface area contributed by atoms with Crippen molar-refractivity contribution in [3.05, 3.63) is 53.1 Å². The minimum Gasteiger partial charge on any atom is -0.490 e. The van der Waals surface area contributed by atoms with Gasteiger partial charge in [-0.3, -0.25) is 4.79 Å². The Morgan fingerprint density at radius 2 is 1.68 bits per heavy atom. The van der Waals surface area contributed by atoms with Crippen molar-refractivity contribution in [2.24, 2.45) is 0 Å². The van der Waals surface area contributed by atoms with E-state index < -0.39 is 10.0 Å². The van der Waals surface area contributed by atoms with Crippen LogP contribution >= 0.6 is 0 Å². The van der Waals surface area contributed by atoms with Gasteiger partial charge < -0.3 is 19.1 Å². The van der Waals surface area contributed by atoms with Gasteiger partial charge in [0, 0.05) is 31.6 Å². The maximum Gasteiger partial charge on any atom is 0.254 e. The number of amides is 1. The highest BCUT2D eigenvalue weighted by atomic mass is 32.2. The maximum atomic E-state index is 13.7. The number of fused-ring (bicyclic) bond motifs is 1. The number of aryl methyl sites for hydroxylation is 1. The van der Waals surface area contributed by atoms with Gasteiger partial charge in [0.05, 0.1) is 37.4 Å². The highest BCUT2D eigenvalue weighted by Crippen LogP contribution is 2.39. The minimum absolute atomic E-state index is 0.0939. The normalized spacial score (nSPS) is 21.3. The number of rotatable bonds is 4. The molecule has 3 aliphatic heterocycles. The average molecular weight is 487 g/mol. The summed E-state index contributed by atoms with van der Waals surface area (Å²) in [5.74, 6) is 1.30. The van der Waals surface area contributed by atoms with Crippen LogP contribution in [0.25, 0.3) is 0 Å². The van der Waals surface area contributed by atoms with Crippen LogP contribution in [0.3, 0.4) is 0 Å². The summed E-state index contributed by atoms with van der Waals surface area (Å²) in [6.45, 7) is 5.09. The van der Waals surface area contributed by atoms with E-state index in [1.807, 2.05) is 30.0 Å². The number of sulfonamides is 1. The molecule has 0 saturated carbocycles. The largest absolute Gasteiger partial charge is 0.490 e. The molecule has 0 radical (unpaired) electrons. The van der Waals surface area contributed by atoms with Gasteiger partial charge in [-0.05, 0) is 55.2 Å². The summed E-state index contributed by atoms with van der Waals surface area (Å²) in [5.41, 5.74) is 2.19. The minimum atomic E-state index is -3.69. The Balaban J connectivity index is 1.43. The molecule has 0 aromatic heterocycles. The highest BCUT2D eigenvalue weighted by Gasteiger charge is 2.33. The Kier molecular flexibility index (Phi) is 6.50. The summed E-state index contributed by atoms with van der Waals surface area (Å²) in [5, 5.41) is 0. The Bertz CT molecular complexity index is 1180. The van der Waals surface area contributed by atoms with Crippen molar-refractivity contribution in [1.29, 1.82) is 0 Å². The fourth-order valence-corrected chi connectivity index (χ4v) is 6.26. The first-order valence-electron chi connectivity index (χ1n) is 11.8. The number of hydrogen-bond donors (Lipinski definition) is 0. The number of ether oxygens (including phenoxy) is 3. The Labute approximate surface area is 200 Å². The van der Waals surface area contributed by atoms with Crippen molar-refractivity contribution < 1.29 is 27.4 Å². The van der Waals surface area contributed by atoms with E-state index in [1.165, 1.54) is 10.4 Å². The second-order valence-electron chi connectivity index (χ2n) is 8.91. The van der Waals surface area contributed by atoms with Crippen LogP contribution in [-0.4, -0.2) is 69.6 Å². The summed E-state index contributed by atoms with van der Waals surface area (Å²) in [7, 11) is -3.69. The van der Waals surface area contributed by atoms with Crippen LogP contribution in [0.5, 0.6) is 11.5 Å². The second kappa shape index (κ2) is 9.56. The summed E-state index contributed by atoms with van der Waals surface area (Å²) in [6.07, 6.45) is 2.56. The molecule has 182 valence electrons. The number of morpholine rings is 1. The highest BCUT2D eigenvalue weighted by molar-refractivity contribution is 7.89. The molecule has 2 fully saturated rings. The van der Waals surface area contributed by atoms with Crippen LogP contribution in [-0.2, 0) is 14.8 Å². The summed E-state index contributed by atoms with van der Waals surface area (Å²) in [6, 6.07) is 10.6. The van der Waals surface area contributed by atoms with Gasteiger partial charge in [-0.15, -0.1) is 0 Å². The van der Waals surface area contributed by atoms with Gasteiger partial charge >= 0.3 is 0 Å². The number of hydrogen-bond acceptors (Lipinski definition) is 6. The average Bonchev–Trinajstić information content (AvgIpc) is 3.23. The topological polar surface area (TPSA) is 85.4 Å². The molecule has 5 rings (SSSR count). The Morgan fingerprint density at radius 1 is 0.912 bits per heavy atom. The standard InChI is InChI=1S/C25H30N2O6S/c1-18-5-7-20(34(29,30)26-10-14-31-15-11-26)17-21(18)25(28)27-9-2-4-22(27)19-6-8-23-24(16-19)33-13-3-12-32-23/h5-8,16-17,22H,2-4,9-15H2,1H3/t22-/m0/s1. The predicted octanol–water partition coefficient (Wildman–Crippen LogP) is 3.15. The molecule has 0 spiro atoms. The van der Waals surface area contributed by atoms with Crippen molar-refractivity contribution in [3.63, 3.8) is 0 Å². The van der Waals surface area contributed by atoms with E-state index in [0.29, 0.717) is 57.4 Å². The van der Waals surface area contributed by atoms with Crippen molar-refractivity contribution in [1.82, 2.24) is 9.21 Å². The number of carbonyl (C=O) groups is 1. The first-order valence-corrected chi connectivity index (χ1v) is 13.3. The lowest BCUT2D eigenvalue weighted by molar-refractivity contribution is 0.0727. The van der Waals surface area contributed by atoms with Crippen molar-refractivity contribution in [2.45, 2.75) is 37.1 Å². The molecule has 3 aliphatic rings.